The first-order chi connectivity index (χ1) is 11.7. The van der Waals surface area contributed by atoms with Crippen molar-refractivity contribution in [2.24, 2.45) is 0 Å². The second kappa shape index (κ2) is 8.21. The SMILES string of the molecule is CC(NCCC(=O)N1CCN(c2ncccn2)CC1)c1cccs1. The van der Waals surface area contributed by atoms with Gasteiger partial charge in [-0.05, 0) is 24.4 Å². The number of amides is 1. The van der Waals surface area contributed by atoms with E-state index in [0.29, 0.717) is 19.0 Å². The maximum absolute atomic E-state index is 12.3. The summed E-state index contributed by atoms with van der Waals surface area (Å²) in [5.74, 6) is 0.963. The summed E-state index contributed by atoms with van der Waals surface area (Å²) in [5, 5.41) is 5.50. The number of aromatic nitrogens is 2. The molecule has 1 amide bonds. The van der Waals surface area contributed by atoms with Gasteiger partial charge in [-0.2, -0.15) is 0 Å². The minimum Gasteiger partial charge on any atom is -0.339 e. The van der Waals surface area contributed by atoms with Crippen molar-refractivity contribution in [1.82, 2.24) is 20.2 Å². The number of hydrogen-bond acceptors (Lipinski definition) is 6. The average molecular weight is 345 g/mol. The summed E-state index contributed by atoms with van der Waals surface area (Å²) >= 11 is 1.74. The van der Waals surface area contributed by atoms with Crippen LogP contribution in [0.3, 0.4) is 0 Å². The summed E-state index contributed by atoms with van der Waals surface area (Å²) in [6, 6.07) is 6.28. The standard InChI is InChI=1S/C17H23N5OS/c1-14(15-4-2-13-24-15)18-8-5-16(23)21-9-11-22(12-10-21)17-19-6-3-7-20-17/h2-4,6-7,13-14,18H,5,8-12H2,1H3. The monoisotopic (exact) mass is 345 g/mol. The topological polar surface area (TPSA) is 61.4 Å². The second-order valence-electron chi connectivity index (χ2n) is 5.86. The average Bonchev–Trinajstić information content (AvgIpc) is 3.17. The van der Waals surface area contributed by atoms with Crippen LogP contribution in [0.25, 0.3) is 0 Å². The first kappa shape index (κ1) is 16.9. The van der Waals surface area contributed by atoms with Crippen molar-refractivity contribution in [2.45, 2.75) is 19.4 Å². The van der Waals surface area contributed by atoms with Crippen LogP contribution in [0.4, 0.5) is 5.95 Å². The van der Waals surface area contributed by atoms with Crippen molar-refractivity contribution in [3.8, 4) is 0 Å². The number of carbonyl (C=O) groups excluding carboxylic acids is 1. The van der Waals surface area contributed by atoms with Gasteiger partial charge >= 0.3 is 0 Å². The lowest BCUT2D eigenvalue weighted by Gasteiger charge is -2.34. The van der Waals surface area contributed by atoms with Gasteiger partial charge in [-0.15, -0.1) is 11.3 Å². The molecule has 0 bridgehead atoms. The van der Waals surface area contributed by atoms with Gasteiger partial charge < -0.3 is 15.1 Å². The number of rotatable bonds is 6. The van der Waals surface area contributed by atoms with Gasteiger partial charge in [-0.25, -0.2) is 9.97 Å². The lowest BCUT2D eigenvalue weighted by Crippen LogP contribution is -2.49. The number of nitrogens with zero attached hydrogens (tertiary/aromatic N) is 4. The van der Waals surface area contributed by atoms with Gasteiger partial charge in [-0.1, -0.05) is 6.07 Å². The van der Waals surface area contributed by atoms with Crippen molar-refractivity contribution >= 4 is 23.2 Å². The number of thiophene rings is 1. The molecule has 1 unspecified atom stereocenters. The van der Waals surface area contributed by atoms with E-state index in [1.807, 2.05) is 11.0 Å². The molecular formula is C17H23N5OS. The molecule has 1 fully saturated rings. The molecule has 1 saturated heterocycles. The van der Waals surface area contributed by atoms with E-state index in [1.54, 1.807) is 23.7 Å². The Morgan fingerprint density at radius 3 is 2.67 bits per heavy atom. The summed E-state index contributed by atoms with van der Waals surface area (Å²) in [5.41, 5.74) is 0. The van der Waals surface area contributed by atoms with Crippen molar-refractivity contribution in [3.63, 3.8) is 0 Å². The molecule has 3 rings (SSSR count). The summed E-state index contributed by atoms with van der Waals surface area (Å²) in [6.07, 6.45) is 4.04. The van der Waals surface area contributed by atoms with E-state index in [9.17, 15) is 4.79 Å². The van der Waals surface area contributed by atoms with E-state index < -0.39 is 0 Å². The Morgan fingerprint density at radius 2 is 2.00 bits per heavy atom. The number of carbonyl (C=O) groups is 1. The summed E-state index contributed by atoms with van der Waals surface area (Å²) in [7, 11) is 0. The summed E-state index contributed by atoms with van der Waals surface area (Å²) in [6.45, 7) is 5.88. The van der Waals surface area contributed by atoms with E-state index in [1.165, 1.54) is 4.88 Å². The molecule has 128 valence electrons. The Labute approximate surface area is 146 Å². The fourth-order valence-electron chi connectivity index (χ4n) is 2.80. The summed E-state index contributed by atoms with van der Waals surface area (Å²) < 4.78 is 0. The van der Waals surface area contributed by atoms with Crippen molar-refractivity contribution in [3.05, 3.63) is 40.8 Å². The van der Waals surface area contributed by atoms with Gasteiger partial charge in [0.15, 0.2) is 0 Å². The van der Waals surface area contributed by atoms with Crippen LogP contribution < -0.4 is 10.2 Å². The van der Waals surface area contributed by atoms with Gasteiger partial charge in [0.25, 0.3) is 0 Å². The van der Waals surface area contributed by atoms with Gasteiger partial charge in [0.2, 0.25) is 11.9 Å². The molecule has 7 heteroatoms. The Balaban J connectivity index is 1.39. The predicted octanol–water partition coefficient (Wildman–Crippen LogP) is 1.93. The van der Waals surface area contributed by atoms with E-state index in [-0.39, 0.29) is 5.91 Å². The first-order valence-corrected chi connectivity index (χ1v) is 9.18. The van der Waals surface area contributed by atoms with Crippen LogP contribution in [0.5, 0.6) is 0 Å². The van der Waals surface area contributed by atoms with E-state index in [2.05, 4.69) is 44.6 Å². The van der Waals surface area contributed by atoms with Gasteiger partial charge in [0, 0.05) is 62.5 Å². The van der Waals surface area contributed by atoms with E-state index in [0.717, 1.165) is 32.1 Å². The van der Waals surface area contributed by atoms with Crippen LogP contribution in [0, 0.1) is 0 Å². The minimum atomic E-state index is 0.217. The Kier molecular flexibility index (Phi) is 5.77. The maximum atomic E-state index is 12.3. The smallest absolute Gasteiger partial charge is 0.225 e. The number of anilines is 1. The van der Waals surface area contributed by atoms with Crippen LogP contribution in [-0.4, -0.2) is 53.5 Å². The fraction of sp³-hybridized carbons (Fsp3) is 0.471. The molecule has 6 nitrogen and oxygen atoms in total. The molecular weight excluding hydrogens is 322 g/mol. The lowest BCUT2D eigenvalue weighted by molar-refractivity contribution is -0.131. The molecule has 0 aliphatic carbocycles. The van der Waals surface area contributed by atoms with Crippen molar-refractivity contribution in [2.75, 3.05) is 37.6 Å². The van der Waals surface area contributed by atoms with Gasteiger partial charge in [0.05, 0.1) is 0 Å². The number of hydrogen-bond donors (Lipinski definition) is 1. The molecule has 0 aromatic carbocycles. The van der Waals surface area contributed by atoms with E-state index in [4.69, 9.17) is 0 Å². The van der Waals surface area contributed by atoms with Crippen LogP contribution in [0.15, 0.2) is 36.0 Å². The molecule has 1 N–H and O–H groups in total. The predicted molar refractivity (Wildman–Crippen MR) is 96.2 cm³/mol. The second-order valence-corrected chi connectivity index (χ2v) is 6.84. The highest BCUT2D eigenvalue weighted by Crippen LogP contribution is 2.18. The molecule has 0 spiro atoms. The molecule has 0 saturated carbocycles. The van der Waals surface area contributed by atoms with Gasteiger partial charge in [0.1, 0.15) is 0 Å². The first-order valence-electron chi connectivity index (χ1n) is 8.30. The van der Waals surface area contributed by atoms with Gasteiger partial charge in [-0.3, -0.25) is 4.79 Å². The highest BCUT2D eigenvalue weighted by molar-refractivity contribution is 7.10. The zero-order valence-electron chi connectivity index (χ0n) is 13.9. The third kappa shape index (κ3) is 4.30. The molecule has 1 atom stereocenters. The quantitative estimate of drug-likeness (QED) is 0.867. The Bertz CT molecular complexity index is 626. The number of nitrogens with one attached hydrogen (secondary N) is 1. The molecule has 1 aliphatic heterocycles. The molecule has 2 aromatic heterocycles. The Morgan fingerprint density at radius 1 is 1.25 bits per heavy atom. The highest BCUT2D eigenvalue weighted by Gasteiger charge is 2.22. The third-order valence-corrected chi connectivity index (χ3v) is 5.28. The molecule has 2 aromatic rings. The zero-order chi connectivity index (χ0) is 16.8. The highest BCUT2D eigenvalue weighted by atomic mass is 32.1. The van der Waals surface area contributed by atoms with Crippen molar-refractivity contribution in [1.29, 1.82) is 0 Å². The lowest BCUT2D eigenvalue weighted by atomic mass is 10.2. The number of piperazine rings is 1. The zero-order valence-corrected chi connectivity index (χ0v) is 14.7. The summed E-state index contributed by atoms with van der Waals surface area (Å²) in [4.78, 5) is 26.3. The largest absolute Gasteiger partial charge is 0.339 e. The third-order valence-electron chi connectivity index (χ3n) is 4.23. The van der Waals surface area contributed by atoms with Crippen LogP contribution in [0.1, 0.15) is 24.3 Å². The maximum Gasteiger partial charge on any atom is 0.225 e. The molecule has 3 heterocycles. The van der Waals surface area contributed by atoms with Crippen LogP contribution in [0.2, 0.25) is 0 Å². The van der Waals surface area contributed by atoms with Crippen LogP contribution in [-0.2, 0) is 4.79 Å². The molecule has 1 aliphatic rings. The normalized spacial score (nSPS) is 16.2. The molecule has 0 radical (unpaired) electrons. The minimum absolute atomic E-state index is 0.217. The van der Waals surface area contributed by atoms with Crippen LogP contribution >= 0.6 is 11.3 Å². The van der Waals surface area contributed by atoms with Crippen molar-refractivity contribution < 1.29 is 4.79 Å². The fourth-order valence-corrected chi connectivity index (χ4v) is 3.56. The van der Waals surface area contributed by atoms with E-state index >= 15 is 0 Å². The molecule has 24 heavy (non-hydrogen) atoms. The Hall–Kier alpha value is -1.99.